The summed E-state index contributed by atoms with van der Waals surface area (Å²) in [6, 6.07) is 4.50. The summed E-state index contributed by atoms with van der Waals surface area (Å²) in [7, 11) is 1.59. The third-order valence-corrected chi connectivity index (χ3v) is 4.22. The van der Waals surface area contributed by atoms with Gasteiger partial charge in [0, 0.05) is 13.5 Å². The lowest BCUT2D eigenvalue weighted by Gasteiger charge is -2.34. The van der Waals surface area contributed by atoms with Gasteiger partial charge in [0.25, 0.3) is 0 Å². The summed E-state index contributed by atoms with van der Waals surface area (Å²) in [6.45, 7) is 0. The summed E-state index contributed by atoms with van der Waals surface area (Å²) in [5, 5.41) is 0.0790. The first kappa shape index (κ1) is 14.5. The van der Waals surface area contributed by atoms with Crippen LogP contribution in [0.25, 0.3) is 0 Å². The Bertz CT molecular complexity index is 467. The van der Waals surface area contributed by atoms with Crippen LogP contribution in [0.1, 0.15) is 37.7 Å². The monoisotopic (exact) mass is 284 g/mol. The van der Waals surface area contributed by atoms with Crippen molar-refractivity contribution in [2.45, 2.75) is 44.1 Å². The normalized spacial score (nSPS) is 18.3. The quantitative estimate of drug-likeness (QED) is 0.837. The summed E-state index contributed by atoms with van der Waals surface area (Å²) in [5.41, 5.74) is -0.0251. The van der Waals surface area contributed by atoms with Crippen LogP contribution < -0.4 is 0 Å². The second kappa shape index (κ2) is 6.02. The number of benzene rings is 1. The van der Waals surface area contributed by atoms with Crippen LogP contribution in [0.3, 0.4) is 0 Å². The molecule has 19 heavy (non-hydrogen) atoms. The van der Waals surface area contributed by atoms with Gasteiger partial charge in [0.15, 0.2) is 5.78 Å². The molecule has 1 aromatic rings. The van der Waals surface area contributed by atoms with Gasteiger partial charge in [-0.15, -0.1) is 0 Å². The number of rotatable bonds is 4. The lowest BCUT2D eigenvalue weighted by molar-refractivity contribution is -0.144. The maximum absolute atomic E-state index is 13.4. The van der Waals surface area contributed by atoms with Crippen LogP contribution in [0.15, 0.2) is 18.2 Å². The fourth-order valence-corrected chi connectivity index (χ4v) is 2.83. The number of methoxy groups -OCH3 is 1. The minimum atomic E-state index is -0.672. The number of hydrogen-bond donors (Lipinski definition) is 0. The van der Waals surface area contributed by atoms with Gasteiger partial charge in [0.1, 0.15) is 11.4 Å². The third kappa shape index (κ3) is 3.15. The number of ether oxygens (including phenoxy) is 1. The van der Waals surface area contributed by atoms with Crippen LogP contribution in [0.5, 0.6) is 0 Å². The van der Waals surface area contributed by atoms with Crippen LogP contribution in [-0.4, -0.2) is 18.5 Å². The average molecular weight is 285 g/mol. The lowest BCUT2D eigenvalue weighted by atomic mass is 9.79. The van der Waals surface area contributed by atoms with E-state index in [2.05, 4.69) is 0 Å². The van der Waals surface area contributed by atoms with E-state index in [1.165, 1.54) is 12.1 Å². The molecule has 0 bridgehead atoms. The molecule has 0 radical (unpaired) electrons. The summed E-state index contributed by atoms with van der Waals surface area (Å²) in [6.07, 6.45) is 4.88. The fraction of sp³-hybridized carbons (Fsp3) is 0.533. The van der Waals surface area contributed by atoms with Gasteiger partial charge in [-0.25, -0.2) is 4.39 Å². The largest absolute Gasteiger partial charge is 0.370 e. The van der Waals surface area contributed by atoms with Crippen molar-refractivity contribution >= 4 is 17.4 Å². The molecule has 0 spiro atoms. The molecular formula is C15H18ClFO2. The Kier molecular flexibility index (Phi) is 4.58. The Labute approximate surface area is 117 Å². The highest BCUT2D eigenvalue weighted by Gasteiger charge is 2.38. The first-order valence-corrected chi connectivity index (χ1v) is 6.97. The van der Waals surface area contributed by atoms with E-state index >= 15 is 0 Å². The van der Waals surface area contributed by atoms with Crippen molar-refractivity contribution in [1.82, 2.24) is 0 Å². The molecule has 1 aromatic carbocycles. The zero-order valence-electron chi connectivity index (χ0n) is 11.0. The highest BCUT2D eigenvalue weighted by Crippen LogP contribution is 2.33. The molecule has 0 saturated heterocycles. The van der Waals surface area contributed by atoms with Gasteiger partial charge in [0.05, 0.1) is 5.02 Å². The molecule has 0 aliphatic heterocycles. The van der Waals surface area contributed by atoms with E-state index < -0.39 is 11.4 Å². The standard InChI is InChI=1S/C15H18ClFO2/c1-19-15(7-3-2-4-8-15)14(18)10-11-5-6-12(16)13(17)9-11/h5-6,9H,2-4,7-8,10H2,1H3. The maximum Gasteiger partial charge on any atom is 0.168 e. The number of Topliss-reactive ketones (excluding diaryl/α,β-unsaturated/α-hetero) is 1. The Balaban J connectivity index is 2.12. The Morgan fingerprint density at radius 1 is 1.37 bits per heavy atom. The van der Waals surface area contributed by atoms with Gasteiger partial charge < -0.3 is 4.74 Å². The van der Waals surface area contributed by atoms with Crippen molar-refractivity contribution < 1.29 is 13.9 Å². The van der Waals surface area contributed by atoms with Gasteiger partial charge in [-0.1, -0.05) is 36.9 Å². The maximum atomic E-state index is 13.4. The van der Waals surface area contributed by atoms with E-state index in [1.807, 2.05) is 0 Å². The molecular weight excluding hydrogens is 267 g/mol. The molecule has 0 N–H and O–H groups in total. The molecule has 1 saturated carbocycles. The molecule has 0 heterocycles. The Hall–Kier alpha value is -0.930. The smallest absolute Gasteiger partial charge is 0.168 e. The number of hydrogen-bond acceptors (Lipinski definition) is 2. The second-order valence-electron chi connectivity index (χ2n) is 5.11. The molecule has 1 aliphatic carbocycles. The molecule has 0 atom stereocenters. The summed E-state index contributed by atoms with van der Waals surface area (Å²) in [5.74, 6) is -0.446. The lowest BCUT2D eigenvalue weighted by Crippen LogP contribution is -2.43. The molecule has 1 aliphatic rings. The number of halogens is 2. The second-order valence-corrected chi connectivity index (χ2v) is 5.51. The predicted octanol–water partition coefficient (Wildman–Crippen LogP) is 3.94. The third-order valence-electron chi connectivity index (χ3n) is 3.91. The molecule has 104 valence electrons. The van der Waals surface area contributed by atoms with Crippen LogP contribution in [-0.2, 0) is 16.0 Å². The first-order valence-electron chi connectivity index (χ1n) is 6.60. The van der Waals surface area contributed by atoms with Crippen LogP contribution in [0, 0.1) is 5.82 Å². The topological polar surface area (TPSA) is 26.3 Å². The van der Waals surface area contributed by atoms with Crippen molar-refractivity contribution in [2.75, 3.05) is 7.11 Å². The minimum absolute atomic E-state index is 0.0384. The van der Waals surface area contributed by atoms with Crippen LogP contribution >= 0.6 is 11.6 Å². The average Bonchev–Trinajstić information content (AvgIpc) is 2.43. The summed E-state index contributed by atoms with van der Waals surface area (Å²) < 4.78 is 18.9. The molecule has 0 unspecified atom stereocenters. The number of ketones is 1. The van der Waals surface area contributed by atoms with E-state index in [9.17, 15) is 9.18 Å². The van der Waals surface area contributed by atoms with Crippen LogP contribution in [0.4, 0.5) is 4.39 Å². The minimum Gasteiger partial charge on any atom is -0.370 e. The van der Waals surface area contributed by atoms with Crippen molar-refractivity contribution in [3.05, 3.63) is 34.6 Å². The molecule has 0 amide bonds. The van der Waals surface area contributed by atoms with Gasteiger partial charge in [-0.3, -0.25) is 4.79 Å². The van der Waals surface area contributed by atoms with E-state index in [-0.39, 0.29) is 17.2 Å². The van der Waals surface area contributed by atoms with Crippen molar-refractivity contribution in [1.29, 1.82) is 0 Å². The van der Waals surface area contributed by atoms with E-state index in [1.54, 1.807) is 13.2 Å². The number of carbonyl (C=O) groups is 1. The van der Waals surface area contributed by atoms with E-state index in [0.29, 0.717) is 5.56 Å². The Morgan fingerprint density at radius 3 is 2.63 bits per heavy atom. The van der Waals surface area contributed by atoms with Crippen molar-refractivity contribution in [2.24, 2.45) is 0 Å². The van der Waals surface area contributed by atoms with Crippen molar-refractivity contribution in [3.63, 3.8) is 0 Å². The SMILES string of the molecule is COC1(C(=O)Cc2ccc(Cl)c(F)c2)CCCCC1. The van der Waals surface area contributed by atoms with E-state index in [0.717, 1.165) is 32.1 Å². The molecule has 2 rings (SSSR count). The van der Waals surface area contributed by atoms with Crippen LogP contribution in [0.2, 0.25) is 5.02 Å². The molecule has 2 nitrogen and oxygen atoms in total. The van der Waals surface area contributed by atoms with Gasteiger partial charge >= 0.3 is 0 Å². The van der Waals surface area contributed by atoms with Gasteiger partial charge in [-0.05, 0) is 30.5 Å². The fourth-order valence-electron chi connectivity index (χ4n) is 2.72. The van der Waals surface area contributed by atoms with Crippen molar-refractivity contribution in [3.8, 4) is 0 Å². The molecule has 0 aromatic heterocycles. The zero-order chi connectivity index (χ0) is 13.9. The summed E-state index contributed by atoms with van der Waals surface area (Å²) in [4.78, 5) is 12.4. The highest BCUT2D eigenvalue weighted by molar-refractivity contribution is 6.30. The van der Waals surface area contributed by atoms with Gasteiger partial charge in [0.2, 0.25) is 0 Å². The molecule has 4 heteroatoms. The number of carbonyl (C=O) groups excluding carboxylic acids is 1. The molecule has 1 fully saturated rings. The first-order chi connectivity index (χ1) is 9.07. The Morgan fingerprint density at radius 2 is 2.05 bits per heavy atom. The van der Waals surface area contributed by atoms with Gasteiger partial charge in [-0.2, -0.15) is 0 Å². The highest BCUT2D eigenvalue weighted by atomic mass is 35.5. The summed E-state index contributed by atoms with van der Waals surface area (Å²) >= 11 is 5.64. The predicted molar refractivity (Wildman–Crippen MR) is 72.9 cm³/mol. The van der Waals surface area contributed by atoms with E-state index in [4.69, 9.17) is 16.3 Å². The zero-order valence-corrected chi connectivity index (χ0v) is 11.8.